The summed E-state index contributed by atoms with van der Waals surface area (Å²) in [6, 6.07) is 6.47. The highest BCUT2D eigenvalue weighted by molar-refractivity contribution is 9.10. The summed E-state index contributed by atoms with van der Waals surface area (Å²) >= 11 is 3.55. The average Bonchev–Trinajstić information content (AvgIpc) is 2.32. The Hall–Kier alpha value is -0.380. The lowest BCUT2D eigenvalue weighted by Crippen LogP contribution is -2.19. The molecule has 0 heterocycles. The summed E-state index contributed by atoms with van der Waals surface area (Å²) in [4.78, 5) is 0. The predicted octanol–water partition coefficient (Wildman–Crippen LogP) is 3.91. The van der Waals surface area contributed by atoms with Crippen molar-refractivity contribution < 1.29 is 4.74 Å². The molecule has 0 aliphatic carbocycles. The van der Waals surface area contributed by atoms with Crippen LogP contribution in [0, 0.1) is 12.8 Å². The molecule has 0 aliphatic rings. The molecule has 0 atom stereocenters. The Morgan fingerprint density at radius 2 is 2.06 bits per heavy atom. The Bertz CT molecular complexity index is 352. The number of benzene rings is 1. The second kappa shape index (κ2) is 8.68. The Labute approximate surface area is 119 Å². The normalized spacial score (nSPS) is 11.2. The fourth-order valence-corrected chi connectivity index (χ4v) is 1.97. The van der Waals surface area contributed by atoms with Gasteiger partial charge in [0.1, 0.15) is 0 Å². The third kappa shape index (κ3) is 6.53. The van der Waals surface area contributed by atoms with Crippen molar-refractivity contribution in [1.82, 2.24) is 5.32 Å². The summed E-state index contributed by atoms with van der Waals surface area (Å²) in [5.41, 5.74) is 2.57. The minimum atomic E-state index is 0.725. The molecule has 0 saturated carbocycles. The molecule has 0 amide bonds. The summed E-state index contributed by atoms with van der Waals surface area (Å²) in [6.07, 6.45) is 1.14. The van der Waals surface area contributed by atoms with Crippen LogP contribution in [-0.2, 0) is 11.3 Å². The average molecular weight is 314 g/mol. The largest absolute Gasteiger partial charge is 0.380 e. The standard InChI is InChI=1S/C15H24BrNO/c1-12(2)6-8-18-9-7-17-11-14-5-4-13(3)15(16)10-14/h4-5,10,12,17H,6-9,11H2,1-3H3. The minimum Gasteiger partial charge on any atom is -0.380 e. The lowest BCUT2D eigenvalue weighted by Gasteiger charge is -2.08. The Morgan fingerprint density at radius 1 is 1.28 bits per heavy atom. The molecule has 102 valence electrons. The van der Waals surface area contributed by atoms with E-state index < -0.39 is 0 Å². The maximum absolute atomic E-state index is 5.55. The van der Waals surface area contributed by atoms with Crippen molar-refractivity contribution in [2.45, 2.75) is 33.7 Å². The highest BCUT2D eigenvalue weighted by atomic mass is 79.9. The highest BCUT2D eigenvalue weighted by Gasteiger charge is 1.98. The van der Waals surface area contributed by atoms with Crippen molar-refractivity contribution in [2.24, 2.45) is 5.92 Å². The summed E-state index contributed by atoms with van der Waals surface area (Å²) in [6.45, 7) is 10.0. The second-order valence-corrected chi connectivity index (χ2v) is 5.91. The minimum absolute atomic E-state index is 0.725. The van der Waals surface area contributed by atoms with Crippen molar-refractivity contribution in [3.05, 3.63) is 33.8 Å². The summed E-state index contributed by atoms with van der Waals surface area (Å²) in [7, 11) is 0. The van der Waals surface area contributed by atoms with E-state index in [1.54, 1.807) is 0 Å². The highest BCUT2D eigenvalue weighted by Crippen LogP contribution is 2.17. The summed E-state index contributed by atoms with van der Waals surface area (Å²) < 4.78 is 6.73. The first kappa shape index (κ1) is 15.7. The van der Waals surface area contributed by atoms with Crippen LogP contribution in [0.5, 0.6) is 0 Å². The van der Waals surface area contributed by atoms with E-state index in [0.29, 0.717) is 0 Å². The molecule has 0 aromatic heterocycles. The Morgan fingerprint density at radius 3 is 2.72 bits per heavy atom. The third-order valence-corrected chi connectivity index (χ3v) is 3.68. The van der Waals surface area contributed by atoms with Crippen LogP contribution in [0.4, 0.5) is 0 Å². The lowest BCUT2D eigenvalue weighted by molar-refractivity contribution is 0.125. The van der Waals surface area contributed by atoms with Crippen LogP contribution in [-0.4, -0.2) is 19.8 Å². The van der Waals surface area contributed by atoms with Gasteiger partial charge in [0, 0.05) is 24.2 Å². The molecule has 0 bridgehead atoms. The second-order valence-electron chi connectivity index (χ2n) is 5.06. The number of ether oxygens (including phenoxy) is 1. The van der Waals surface area contributed by atoms with Gasteiger partial charge in [0.15, 0.2) is 0 Å². The molecular formula is C15H24BrNO. The first-order valence-corrected chi connectivity index (χ1v) is 7.42. The van der Waals surface area contributed by atoms with E-state index in [-0.39, 0.29) is 0 Å². The van der Waals surface area contributed by atoms with Crippen LogP contribution in [0.15, 0.2) is 22.7 Å². The molecule has 1 aromatic rings. The van der Waals surface area contributed by atoms with Gasteiger partial charge in [-0.3, -0.25) is 0 Å². The van der Waals surface area contributed by atoms with Crippen LogP contribution in [0.2, 0.25) is 0 Å². The monoisotopic (exact) mass is 313 g/mol. The summed E-state index contributed by atoms with van der Waals surface area (Å²) in [5.74, 6) is 0.725. The van der Waals surface area contributed by atoms with Crippen molar-refractivity contribution in [3.8, 4) is 0 Å². The van der Waals surface area contributed by atoms with Gasteiger partial charge in [0.2, 0.25) is 0 Å². The van der Waals surface area contributed by atoms with E-state index in [0.717, 1.165) is 38.6 Å². The van der Waals surface area contributed by atoms with Gasteiger partial charge in [0.05, 0.1) is 6.61 Å². The number of hydrogen-bond donors (Lipinski definition) is 1. The molecule has 1 rings (SSSR count). The third-order valence-electron chi connectivity index (χ3n) is 2.83. The van der Waals surface area contributed by atoms with Gasteiger partial charge in [0.25, 0.3) is 0 Å². The van der Waals surface area contributed by atoms with E-state index in [1.807, 2.05) is 0 Å². The number of nitrogens with one attached hydrogen (secondary N) is 1. The molecule has 0 aliphatic heterocycles. The molecule has 0 fully saturated rings. The predicted molar refractivity (Wildman–Crippen MR) is 80.9 cm³/mol. The van der Waals surface area contributed by atoms with E-state index in [2.05, 4.69) is 60.2 Å². The number of halogens is 1. The van der Waals surface area contributed by atoms with Crippen LogP contribution >= 0.6 is 15.9 Å². The van der Waals surface area contributed by atoms with Crippen molar-refractivity contribution >= 4 is 15.9 Å². The molecule has 1 N–H and O–H groups in total. The van der Waals surface area contributed by atoms with Crippen LogP contribution in [0.25, 0.3) is 0 Å². The quantitative estimate of drug-likeness (QED) is 0.735. The molecular weight excluding hydrogens is 290 g/mol. The first-order valence-electron chi connectivity index (χ1n) is 6.63. The van der Waals surface area contributed by atoms with Crippen molar-refractivity contribution in [1.29, 1.82) is 0 Å². The Balaban J connectivity index is 2.09. The molecule has 3 heteroatoms. The number of rotatable bonds is 8. The fourth-order valence-electron chi connectivity index (χ4n) is 1.54. The zero-order valence-corrected chi connectivity index (χ0v) is 13.2. The van der Waals surface area contributed by atoms with Crippen LogP contribution in [0.3, 0.4) is 0 Å². The van der Waals surface area contributed by atoms with E-state index in [9.17, 15) is 0 Å². The first-order chi connectivity index (χ1) is 8.59. The van der Waals surface area contributed by atoms with Gasteiger partial charge < -0.3 is 10.1 Å². The zero-order valence-electron chi connectivity index (χ0n) is 11.6. The van der Waals surface area contributed by atoms with Gasteiger partial charge in [-0.05, 0) is 36.5 Å². The summed E-state index contributed by atoms with van der Waals surface area (Å²) in [5, 5.41) is 3.39. The van der Waals surface area contributed by atoms with Gasteiger partial charge in [-0.15, -0.1) is 0 Å². The topological polar surface area (TPSA) is 21.3 Å². The van der Waals surface area contributed by atoms with Gasteiger partial charge in [-0.25, -0.2) is 0 Å². The van der Waals surface area contributed by atoms with Gasteiger partial charge in [-0.1, -0.05) is 41.9 Å². The smallest absolute Gasteiger partial charge is 0.0591 e. The SMILES string of the molecule is Cc1ccc(CNCCOCCC(C)C)cc1Br. The maximum atomic E-state index is 5.55. The molecule has 0 unspecified atom stereocenters. The van der Waals surface area contributed by atoms with Gasteiger partial charge >= 0.3 is 0 Å². The molecule has 0 radical (unpaired) electrons. The molecule has 0 saturated heterocycles. The van der Waals surface area contributed by atoms with E-state index in [1.165, 1.54) is 15.6 Å². The molecule has 1 aromatic carbocycles. The molecule has 0 spiro atoms. The van der Waals surface area contributed by atoms with E-state index >= 15 is 0 Å². The van der Waals surface area contributed by atoms with Crippen molar-refractivity contribution in [3.63, 3.8) is 0 Å². The maximum Gasteiger partial charge on any atom is 0.0591 e. The van der Waals surface area contributed by atoms with Crippen molar-refractivity contribution in [2.75, 3.05) is 19.8 Å². The molecule has 2 nitrogen and oxygen atoms in total. The number of hydrogen-bond acceptors (Lipinski definition) is 2. The van der Waals surface area contributed by atoms with Crippen LogP contribution < -0.4 is 5.32 Å². The number of aryl methyl sites for hydroxylation is 1. The van der Waals surface area contributed by atoms with E-state index in [4.69, 9.17) is 4.74 Å². The Kier molecular flexibility index (Phi) is 7.56. The fraction of sp³-hybridized carbons (Fsp3) is 0.600. The van der Waals surface area contributed by atoms with Gasteiger partial charge in [-0.2, -0.15) is 0 Å². The van der Waals surface area contributed by atoms with Crippen LogP contribution in [0.1, 0.15) is 31.4 Å². The molecule has 18 heavy (non-hydrogen) atoms. The zero-order chi connectivity index (χ0) is 13.4. The lowest BCUT2D eigenvalue weighted by atomic mass is 10.1.